The molecule has 0 atom stereocenters. The van der Waals surface area contributed by atoms with Crippen LogP contribution in [0, 0.1) is 10.1 Å². The summed E-state index contributed by atoms with van der Waals surface area (Å²) in [5.74, 6) is 0.135. The number of hydrogen-bond acceptors (Lipinski definition) is 4. The normalized spacial score (nSPS) is 10.4. The Bertz CT molecular complexity index is 572. The number of thiophene rings is 1. The van der Waals surface area contributed by atoms with Gasteiger partial charge in [0.2, 0.25) is 0 Å². The van der Waals surface area contributed by atoms with E-state index in [4.69, 9.17) is 11.6 Å². The molecule has 0 N–H and O–H groups in total. The fourth-order valence-electron chi connectivity index (χ4n) is 1.84. The van der Waals surface area contributed by atoms with Gasteiger partial charge in [-0.2, -0.15) is 11.3 Å². The van der Waals surface area contributed by atoms with E-state index in [1.54, 1.807) is 23.5 Å². The van der Waals surface area contributed by atoms with Gasteiger partial charge >= 0.3 is 0 Å². The van der Waals surface area contributed by atoms with E-state index in [2.05, 4.69) is 11.4 Å². The second-order valence-electron chi connectivity index (χ2n) is 4.19. The molecule has 0 saturated carbocycles. The van der Waals surface area contributed by atoms with Crippen molar-refractivity contribution in [3.8, 4) is 0 Å². The second kappa shape index (κ2) is 6.04. The maximum absolute atomic E-state index is 10.9. The molecule has 1 heterocycles. The van der Waals surface area contributed by atoms with Crippen molar-refractivity contribution in [2.75, 3.05) is 11.9 Å². The van der Waals surface area contributed by atoms with E-state index < -0.39 is 4.92 Å². The summed E-state index contributed by atoms with van der Waals surface area (Å²) in [6.45, 7) is 0.767. The lowest BCUT2D eigenvalue weighted by molar-refractivity contribution is -0.385. The number of benzene rings is 1. The summed E-state index contributed by atoms with van der Waals surface area (Å²) in [5.41, 5.74) is 2.76. The van der Waals surface area contributed by atoms with E-state index in [9.17, 15) is 10.1 Å². The number of rotatable bonds is 5. The topological polar surface area (TPSA) is 46.4 Å². The Kier molecular flexibility index (Phi) is 4.39. The van der Waals surface area contributed by atoms with Gasteiger partial charge in [-0.3, -0.25) is 10.1 Å². The van der Waals surface area contributed by atoms with Gasteiger partial charge in [0.25, 0.3) is 5.69 Å². The zero-order chi connectivity index (χ0) is 13.8. The highest BCUT2D eigenvalue weighted by Gasteiger charge is 2.14. The van der Waals surface area contributed by atoms with Crippen LogP contribution in [-0.2, 0) is 12.4 Å². The van der Waals surface area contributed by atoms with Gasteiger partial charge in [0.15, 0.2) is 0 Å². The van der Waals surface area contributed by atoms with Crippen LogP contribution in [0.3, 0.4) is 0 Å². The van der Waals surface area contributed by atoms with Crippen LogP contribution < -0.4 is 4.90 Å². The van der Waals surface area contributed by atoms with Crippen molar-refractivity contribution < 1.29 is 4.92 Å². The van der Waals surface area contributed by atoms with Crippen LogP contribution in [0.4, 0.5) is 11.4 Å². The fourth-order valence-corrected chi connectivity index (χ4v) is 2.72. The first-order chi connectivity index (χ1) is 9.11. The molecule has 0 fully saturated rings. The highest BCUT2D eigenvalue weighted by Crippen LogP contribution is 2.26. The maximum atomic E-state index is 10.9. The zero-order valence-electron chi connectivity index (χ0n) is 10.4. The van der Waals surface area contributed by atoms with Crippen LogP contribution in [0.15, 0.2) is 35.0 Å². The first-order valence-electron chi connectivity index (χ1n) is 5.67. The number of nitro groups is 1. The van der Waals surface area contributed by atoms with E-state index in [1.807, 2.05) is 17.3 Å². The van der Waals surface area contributed by atoms with E-state index in [-0.39, 0.29) is 11.6 Å². The molecule has 2 aromatic rings. The van der Waals surface area contributed by atoms with Crippen LogP contribution in [0.25, 0.3) is 0 Å². The van der Waals surface area contributed by atoms with Crippen molar-refractivity contribution in [1.82, 2.24) is 0 Å². The molecule has 0 spiro atoms. The Morgan fingerprint density at radius 2 is 2.21 bits per heavy atom. The Hall–Kier alpha value is -1.59. The lowest BCUT2D eigenvalue weighted by Gasteiger charge is -2.19. The monoisotopic (exact) mass is 296 g/mol. The van der Waals surface area contributed by atoms with Crippen LogP contribution in [0.2, 0.25) is 0 Å². The summed E-state index contributed by atoms with van der Waals surface area (Å²) < 4.78 is 0. The molecule has 19 heavy (non-hydrogen) atoms. The third kappa shape index (κ3) is 3.24. The van der Waals surface area contributed by atoms with Crippen molar-refractivity contribution >= 4 is 34.3 Å². The number of hydrogen-bond donors (Lipinski definition) is 0. The average molecular weight is 297 g/mol. The first kappa shape index (κ1) is 13.8. The lowest BCUT2D eigenvalue weighted by Crippen LogP contribution is -2.16. The highest BCUT2D eigenvalue weighted by atomic mass is 35.5. The average Bonchev–Trinajstić information content (AvgIpc) is 2.90. The van der Waals surface area contributed by atoms with Crippen molar-refractivity contribution in [1.29, 1.82) is 0 Å². The fraction of sp³-hybridized carbons (Fsp3) is 0.231. The molecular formula is C13H13ClN2O2S. The number of anilines is 1. The van der Waals surface area contributed by atoms with Gasteiger partial charge in [-0.1, -0.05) is 0 Å². The Morgan fingerprint density at radius 3 is 2.79 bits per heavy atom. The maximum Gasteiger partial charge on any atom is 0.273 e. The van der Waals surface area contributed by atoms with Gasteiger partial charge in [0, 0.05) is 30.9 Å². The molecule has 0 bridgehead atoms. The van der Waals surface area contributed by atoms with Crippen molar-refractivity contribution in [2.24, 2.45) is 0 Å². The first-order valence-corrected chi connectivity index (χ1v) is 7.15. The minimum atomic E-state index is -0.402. The second-order valence-corrected chi connectivity index (χ2v) is 5.24. The molecule has 0 amide bonds. The molecule has 0 aliphatic rings. The number of nitro benzene ring substituents is 1. The van der Waals surface area contributed by atoms with Crippen LogP contribution in [0.1, 0.15) is 11.1 Å². The molecule has 2 rings (SSSR count). The predicted octanol–water partition coefficient (Wildman–Crippen LogP) is 4.03. The van der Waals surface area contributed by atoms with E-state index in [0.717, 1.165) is 12.2 Å². The molecule has 0 aliphatic heterocycles. The summed E-state index contributed by atoms with van der Waals surface area (Å²) in [7, 11) is 1.96. The quantitative estimate of drug-likeness (QED) is 0.475. The smallest absolute Gasteiger partial charge is 0.273 e. The van der Waals surface area contributed by atoms with Crippen LogP contribution >= 0.6 is 22.9 Å². The summed E-state index contributed by atoms with van der Waals surface area (Å²) in [5, 5.41) is 15.0. The lowest BCUT2D eigenvalue weighted by atomic mass is 10.1. The van der Waals surface area contributed by atoms with Crippen LogP contribution in [-0.4, -0.2) is 12.0 Å². The number of halogens is 1. The molecular weight excluding hydrogens is 284 g/mol. The third-order valence-corrected chi connectivity index (χ3v) is 3.86. The zero-order valence-corrected chi connectivity index (χ0v) is 11.9. The van der Waals surface area contributed by atoms with Crippen molar-refractivity contribution in [3.63, 3.8) is 0 Å². The van der Waals surface area contributed by atoms with E-state index in [1.165, 1.54) is 11.6 Å². The van der Waals surface area contributed by atoms with Gasteiger partial charge in [-0.05, 0) is 34.5 Å². The highest BCUT2D eigenvalue weighted by molar-refractivity contribution is 7.07. The number of nitrogens with zero attached hydrogens (tertiary/aromatic N) is 2. The molecule has 1 aromatic carbocycles. The van der Waals surface area contributed by atoms with Gasteiger partial charge in [-0.15, -0.1) is 11.6 Å². The van der Waals surface area contributed by atoms with Gasteiger partial charge < -0.3 is 4.90 Å². The summed E-state index contributed by atoms with van der Waals surface area (Å²) in [6, 6.07) is 7.10. The Balaban J connectivity index is 2.23. The standard InChI is InChI=1S/C13H13ClN2O2S/c1-15(8-10-4-5-19-9-10)12-2-3-13(16(17)18)11(6-12)7-14/h2-6,9H,7-8H2,1H3. The third-order valence-electron chi connectivity index (χ3n) is 2.84. The summed E-state index contributed by atoms with van der Waals surface area (Å²) in [4.78, 5) is 12.5. The van der Waals surface area contributed by atoms with E-state index in [0.29, 0.717) is 5.56 Å². The van der Waals surface area contributed by atoms with Gasteiger partial charge in [0.05, 0.1) is 10.8 Å². The molecule has 0 saturated heterocycles. The molecule has 4 nitrogen and oxygen atoms in total. The van der Waals surface area contributed by atoms with Gasteiger partial charge in [-0.25, -0.2) is 0 Å². The molecule has 0 radical (unpaired) electrons. The van der Waals surface area contributed by atoms with Gasteiger partial charge in [0.1, 0.15) is 0 Å². The molecule has 100 valence electrons. The predicted molar refractivity (Wildman–Crippen MR) is 79.1 cm³/mol. The molecule has 1 aromatic heterocycles. The summed E-state index contributed by atoms with van der Waals surface area (Å²) >= 11 is 7.43. The minimum Gasteiger partial charge on any atom is -0.370 e. The summed E-state index contributed by atoms with van der Waals surface area (Å²) in [6.07, 6.45) is 0. The SMILES string of the molecule is CN(Cc1ccsc1)c1ccc([N+](=O)[O-])c(CCl)c1. The number of alkyl halides is 1. The van der Waals surface area contributed by atoms with E-state index >= 15 is 0 Å². The Labute approximate surface area is 120 Å². The molecule has 0 unspecified atom stereocenters. The van der Waals surface area contributed by atoms with Crippen molar-refractivity contribution in [2.45, 2.75) is 12.4 Å². The molecule has 0 aliphatic carbocycles. The van der Waals surface area contributed by atoms with Crippen LogP contribution in [0.5, 0.6) is 0 Å². The minimum absolute atomic E-state index is 0.0719. The van der Waals surface area contributed by atoms with Crippen molar-refractivity contribution in [3.05, 3.63) is 56.3 Å². The Morgan fingerprint density at radius 1 is 1.42 bits per heavy atom. The largest absolute Gasteiger partial charge is 0.370 e. The molecule has 6 heteroatoms.